The van der Waals surface area contributed by atoms with E-state index in [2.05, 4.69) is 0 Å². The molecule has 0 radical (unpaired) electrons. The minimum Gasteiger partial charge on any atom is -0.395 e. The molecule has 2 amide bonds. The molecule has 0 aliphatic rings. The third-order valence-corrected chi connectivity index (χ3v) is 2.67. The van der Waals surface area contributed by atoms with Gasteiger partial charge in [0.25, 0.3) is 0 Å². The lowest BCUT2D eigenvalue weighted by molar-refractivity contribution is -0.126. The van der Waals surface area contributed by atoms with E-state index in [1.54, 1.807) is 30.3 Å². The zero-order chi connectivity index (χ0) is 15.0. The van der Waals surface area contributed by atoms with Crippen molar-refractivity contribution in [2.24, 2.45) is 5.73 Å². The van der Waals surface area contributed by atoms with E-state index >= 15 is 0 Å². The molecule has 0 aromatic heterocycles. The predicted octanol–water partition coefficient (Wildman–Crippen LogP) is -0.388. The average molecular weight is 278 g/mol. The van der Waals surface area contributed by atoms with E-state index in [-0.39, 0.29) is 32.2 Å². The van der Waals surface area contributed by atoms with E-state index in [4.69, 9.17) is 15.9 Å². The molecule has 20 heavy (non-hydrogen) atoms. The van der Waals surface area contributed by atoms with E-state index in [0.29, 0.717) is 5.56 Å². The lowest BCUT2D eigenvalue weighted by Gasteiger charge is -2.18. The first-order chi connectivity index (χ1) is 9.58. The Labute approximate surface area is 117 Å². The summed E-state index contributed by atoms with van der Waals surface area (Å²) >= 11 is 0. The molecule has 0 aliphatic carbocycles. The molecular formula is C14H18N2O4. The summed E-state index contributed by atoms with van der Waals surface area (Å²) in [5.41, 5.74) is 6.27. The van der Waals surface area contributed by atoms with Crippen LogP contribution in [0.1, 0.15) is 15.9 Å². The Balaban J connectivity index is 2.70. The third kappa shape index (κ3) is 4.83. The van der Waals surface area contributed by atoms with Gasteiger partial charge in [-0.05, 0) is 23.8 Å². The summed E-state index contributed by atoms with van der Waals surface area (Å²) in [6, 6.07) is 6.50. The Morgan fingerprint density at radius 3 is 2.10 bits per heavy atom. The number of hydrogen-bond acceptors (Lipinski definition) is 4. The molecule has 108 valence electrons. The van der Waals surface area contributed by atoms with Crippen molar-refractivity contribution in [3.05, 3.63) is 41.5 Å². The predicted molar refractivity (Wildman–Crippen MR) is 74.7 cm³/mol. The smallest absolute Gasteiger partial charge is 0.248 e. The van der Waals surface area contributed by atoms with Crippen molar-refractivity contribution in [3.63, 3.8) is 0 Å². The van der Waals surface area contributed by atoms with Crippen LogP contribution in [0.4, 0.5) is 0 Å². The molecule has 0 fully saturated rings. The van der Waals surface area contributed by atoms with Crippen LogP contribution < -0.4 is 5.73 Å². The van der Waals surface area contributed by atoms with Crippen LogP contribution in [0.25, 0.3) is 6.08 Å². The van der Waals surface area contributed by atoms with Crippen LogP contribution in [0.15, 0.2) is 30.3 Å². The second kappa shape index (κ2) is 8.08. The number of nitrogens with zero attached hydrogens (tertiary/aromatic N) is 1. The lowest BCUT2D eigenvalue weighted by atomic mass is 10.1. The lowest BCUT2D eigenvalue weighted by Crippen LogP contribution is -2.34. The highest BCUT2D eigenvalue weighted by atomic mass is 16.3. The number of hydrogen-bond donors (Lipinski definition) is 3. The number of rotatable bonds is 7. The van der Waals surface area contributed by atoms with Gasteiger partial charge in [0.1, 0.15) is 0 Å². The molecule has 6 heteroatoms. The molecule has 0 spiro atoms. The number of carbonyl (C=O) groups is 2. The van der Waals surface area contributed by atoms with Crippen LogP contribution >= 0.6 is 0 Å². The van der Waals surface area contributed by atoms with Gasteiger partial charge in [-0.3, -0.25) is 9.59 Å². The van der Waals surface area contributed by atoms with Crippen molar-refractivity contribution in [3.8, 4) is 0 Å². The van der Waals surface area contributed by atoms with Crippen LogP contribution in [0, 0.1) is 0 Å². The zero-order valence-corrected chi connectivity index (χ0v) is 11.0. The molecule has 0 bridgehead atoms. The number of primary amides is 1. The summed E-state index contributed by atoms with van der Waals surface area (Å²) in [6.45, 7) is 0.0223. The number of aliphatic hydroxyl groups is 2. The first-order valence-corrected chi connectivity index (χ1v) is 6.17. The molecule has 4 N–H and O–H groups in total. The molecule has 1 aromatic rings. The van der Waals surface area contributed by atoms with Gasteiger partial charge in [-0.15, -0.1) is 0 Å². The molecule has 0 atom stereocenters. The van der Waals surface area contributed by atoms with Gasteiger partial charge in [0.05, 0.1) is 13.2 Å². The third-order valence-electron chi connectivity index (χ3n) is 2.67. The maximum Gasteiger partial charge on any atom is 0.248 e. The Bertz CT molecular complexity index is 476. The fourth-order valence-corrected chi connectivity index (χ4v) is 1.61. The van der Waals surface area contributed by atoms with Crippen molar-refractivity contribution in [1.82, 2.24) is 4.90 Å². The minimum absolute atomic E-state index is 0.160. The van der Waals surface area contributed by atoms with Crippen LogP contribution in [0.5, 0.6) is 0 Å². The van der Waals surface area contributed by atoms with Crippen LogP contribution in [-0.2, 0) is 4.79 Å². The first kappa shape index (κ1) is 15.9. The molecular weight excluding hydrogens is 260 g/mol. The molecule has 0 unspecified atom stereocenters. The molecule has 1 aromatic carbocycles. The summed E-state index contributed by atoms with van der Waals surface area (Å²) in [5.74, 6) is -0.805. The standard InChI is InChI=1S/C14H18N2O4/c15-14(20)12-4-1-11(2-5-12)3-6-13(19)16(7-9-17)8-10-18/h1-6,17-18H,7-10H2,(H2,15,20)/b6-3+. The molecule has 0 aliphatic heterocycles. The van der Waals surface area contributed by atoms with E-state index < -0.39 is 5.91 Å². The van der Waals surface area contributed by atoms with E-state index in [1.165, 1.54) is 11.0 Å². The second-order valence-electron chi connectivity index (χ2n) is 4.09. The molecule has 0 heterocycles. The Hall–Kier alpha value is -2.18. The average Bonchev–Trinajstić information content (AvgIpc) is 2.45. The van der Waals surface area contributed by atoms with Crippen molar-refractivity contribution in [2.75, 3.05) is 26.3 Å². The van der Waals surface area contributed by atoms with E-state index in [9.17, 15) is 9.59 Å². The number of carbonyl (C=O) groups excluding carboxylic acids is 2. The molecule has 1 rings (SSSR count). The van der Waals surface area contributed by atoms with Crippen LogP contribution in [0.2, 0.25) is 0 Å². The molecule has 6 nitrogen and oxygen atoms in total. The van der Waals surface area contributed by atoms with Gasteiger partial charge in [0.2, 0.25) is 11.8 Å². The van der Waals surface area contributed by atoms with Crippen molar-refractivity contribution in [2.45, 2.75) is 0 Å². The minimum atomic E-state index is -0.506. The summed E-state index contributed by atoms with van der Waals surface area (Å²) in [4.78, 5) is 24.1. The highest BCUT2D eigenvalue weighted by Crippen LogP contribution is 2.06. The normalized spacial score (nSPS) is 10.7. The van der Waals surface area contributed by atoms with Gasteiger partial charge >= 0.3 is 0 Å². The summed E-state index contributed by atoms with van der Waals surface area (Å²) in [5, 5.41) is 17.7. The molecule has 0 saturated heterocycles. The Morgan fingerprint density at radius 1 is 1.10 bits per heavy atom. The first-order valence-electron chi connectivity index (χ1n) is 6.17. The maximum atomic E-state index is 11.8. The van der Waals surface area contributed by atoms with Crippen LogP contribution in [0.3, 0.4) is 0 Å². The Morgan fingerprint density at radius 2 is 1.65 bits per heavy atom. The monoisotopic (exact) mass is 278 g/mol. The summed E-state index contributed by atoms with van der Waals surface area (Å²) in [6.07, 6.45) is 2.94. The van der Waals surface area contributed by atoms with Gasteiger partial charge in [0, 0.05) is 24.7 Å². The number of nitrogens with two attached hydrogens (primary N) is 1. The SMILES string of the molecule is NC(=O)c1ccc(/C=C/C(=O)N(CCO)CCO)cc1. The zero-order valence-electron chi connectivity index (χ0n) is 11.0. The van der Waals surface area contributed by atoms with E-state index in [0.717, 1.165) is 5.56 Å². The number of aliphatic hydroxyl groups excluding tert-OH is 2. The summed E-state index contributed by atoms with van der Waals surface area (Å²) in [7, 11) is 0. The number of amides is 2. The highest BCUT2D eigenvalue weighted by molar-refractivity contribution is 5.94. The van der Waals surface area contributed by atoms with Crippen LogP contribution in [-0.4, -0.2) is 53.2 Å². The second-order valence-corrected chi connectivity index (χ2v) is 4.09. The van der Waals surface area contributed by atoms with Gasteiger partial charge in [-0.2, -0.15) is 0 Å². The van der Waals surface area contributed by atoms with Gasteiger partial charge in [-0.1, -0.05) is 12.1 Å². The fourth-order valence-electron chi connectivity index (χ4n) is 1.61. The number of benzene rings is 1. The van der Waals surface area contributed by atoms with Gasteiger partial charge in [0.15, 0.2) is 0 Å². The van der Waals surface area contributed by atoms with Gasteiger partial charge < -0.3 is 20.8 Å². The quantitative estimate of drug-likeness (QED) is 0.591. The fraction of sp³-hybridized carbons (Fsp3) is 0.286. The van der Waals surface area contributed by atoms with Crippen molar-refractivity contribution in [1.29, 1.82) is 0 Å². The molecule has 0 saturated carbocycles. The topological polar surface area (TPSA) is 104 Å². The van der Waals surface area contributed by atoms with E-state index in [1.807, 2.05) is 0 Å². The van der Waals surface area contributed by atoms with Crippen molar-refractivity contribution >= 4 is 17.9 Å². The van der Waals surface area contributed by atoms with Crippen molar-refractivity contribution < 1.29 is 19.8 Å². The maximum absolute atomic E-state index is 11.8. The Kier molecular flexibility index (Phi) is 6.42. The van der Waals surface area contributed by atoms with Gasteiger partial charge in [-0.25, -0.2) is 0 Å². The highest BCUT2D eigenvalue weighted by Gasteiger charge is 2.08. The summed E-state index contributed by atoms with van der Waals surface area (Å²) < 4.78 is 0. The largest absolute Gasteiger partial charge is 0.395 e.